The Morgan fingerprint density at radius 1 is 0.923 bits per heavy atom. The van der Waals surface area contributed by atoms with E-state index in [1.54, 1.807) is 12.1 Å². The van der Waals surface area contributed by atoms with Crippen molar-refractivity contribution in [3.8, 4) is 11.1 Å². The van der Waals surface area contributed by atoms with Gasteiger partial charge in [-0.05, 0) is 72.1 Å². The fraction of sp³-hybridized carbons (Fsp3) is 0.235. The fourth-order valence-corrected chi connectivity index (χ4v) is 5.97. The van der Waals surface area contributed by atoms with E-state index in [0.29, 0.717) is 23.8 Å². The average molecular weight is 522 g/mol. The lowest BCUT2D eigenvalue weighted by Gasteiger charge is -2.17. The molecule has 3 nitrogen and oxygen atoms in total. The van der Waals surface area contributed by atoms with Crippen LogP contribution >= 0.6 is 0 Å². The Labute approximate surface area is 226 Å². The van der Waals surface area contributed by atoms with Crippen LogP contribution in [0.1, 0.15) is 42.4 Å². The van der Waals surface area contributed by atoms with Crippen LogP contribution in [0.4, 0.5) is 8.78 Å². The number of carboxylic acid groups (broad SMARTS) is 1. The Morgan fingerprint density at radius 3 is 2.23 bits per heavy atom. The van der Waals surface area contributed by atoms with E-state index in [1.807, 2.05) is 30.4 Å². The number of carbonyl (C=O) groups is 1. The van der Waals surface area contributed by atoms with E-state index in [4.69, 9.17) is 4.99 Å². The van der Waals surface area contributed by atoms with Crippen molar-refractivity contribution in [2.45, 2.75) is 31.6 Å². The van der Waals surface area contributed by atoms with Crippen molar-refractivity contribution in [3.05, 3.63) is 126 Å². The minimum Gasteiger partial charge on any atom is -0.481 e. The van der Waals surface area contributed by atoms with Gasteiger partial charge >= 0.3 is 5.97 Å². The second-order valence-corrected chi connectivity index (χ2v) is 10.8. The number of aliphatic imine (C=N–C) groups is 1. The lowest BCUT2D eigenvalue weighted by Crippen LogP contribution is -2.15. The monoisotopic (exact) mass is 521 g/mol. The van der Waals surface area contributed by atoms with Gasteiger partial charge in [-0.3, -0.25) is 9.79 Å². The molecule has 0 amide bonds. The number of rotatable bonds is 6. The van der Waals surface area contributed by atoms with Gasteiger partial charge in [-0.1, -0.05) is 85.4 Å². The molecule has 1 fully saturated rings. The molecule has 196 valence electrons. The summed E-state index contributed by atoms with van der Waals surface area (Å²) in [6.45, 7) is 3.25. The van der Waals surface area contributed by atoms with E-state index < -0.39 is 17.3 Å². The zero-order chi connectivity index (χ0) is 27.2. The van der Waals surface area contributed by atoms with Crippen LogP contribution in [0.5, 0.6) is 0 Å². The molecule has 3 atom stereocenters. The Kier molecular flexibility index (Phi) is 6.17. The molecule has 5 heteroatoms. The molecular formula is C34H29F2NO2. The summed E-state index contributed by atoms with van der Waals surface area (Å²) in [5.74, 6) is -3.67. The Balaban J connectivity index is 1.41. The van der Waals surface area contributed by atoms with Crippen LogP contribution in [0.3, 0.4) is 0 Å². The molecule has 1 saturated carbocycles. The summed E-state index contributed by atoms with van der Waals surface area (Å²) in [4.78, 5) is 17.2. The number of carboxylic acids is 1. The van der Waals surface area contributed by atoms with Crippen molar-refractivity contribution in [3.63, 3.8) is 0 Å². The van der Waals surface area contributed by atoms with E-state index in [0.717, 1.165) is 47.2 Å². The first kappa shape index (κ1) is 25.2. The third kappa shape index (κ3) is 4.67. The zero-order valence-corrected chi connectivity index (χ0v) is 21.5. The molecule has 0 saturated heterocycles. The number of hydrogen-bond acceptors (Lipinski definition) is 2. The Bertz CT molecular complexity index is 1520. The summed E-state index contributed by atoms with van der Waals surface area (Å²) in [6.07, 6.45) is 7.66. The molecule has 1 aliphatic heterocycles. The van der Waals surface area contributed by atoms with Crippen molar-refractivity contribution in [2.24, 2.45) is 22.2 Å². The van der Waals surface area contributed by atoms with Gasteiger partial charge in [0.15, 0.2) is 0 Å². The summed E-state index contributed by atoms with van der Waals surface area (Å²) in [7, 11) is 0. The van der Waals surface area contributed by atoms with Crippen molar-refractivity contribution in [1.82, 2.24) is 0 Å². The Hall–Kier alpha value is -4.12. The van der Waals surface area contributed by atoms with Gasteiger partial charge in [0.05, 0.1) is 11.1 Å². The summed E-state index contributed by atoms with van der Waals surface area (Å²) in [5, 5.41) is 10.0. The zero-order valence-electron chi connectivity index (χ0n) is 21.5. The molecule has 39 heavy (non-hydrogen) atoms. The summed E-state index contributed by atoms with van der Waals surface area (Å²) < 4.78 is 28.3. The van der Waals surface area contributed by atoms with E-state index in [9.17, 15) is 18.7 Å². The topological polar surface area (TPSA) is 49.7 Å². The maximum Gasteiger partial charge on any atom is 0.313 e. The third-order valence-corrected chi connectivity index (χ3v) is 8.45. The quantitative estimate of drug-likeness (QED) is 0.332. The minimum absolute atomic E-state index is 0.0935. The predicted molar refractivity (Wildman–Crippen MR) is 151 cm³/mol. The second-order valence-electron chi connectivity index (χ2n) is 10.8. The third-order valence-electron chi connectivity index (χ3n) is 8.45. The van der Waals surface area contributed by atoms with Gasteiger partial charge in [0.2, 0.25) is 0 Å². The molecule has 3 aliphatic rings. The highest BCUT2D eigenvalue weighted by Gasteiger charge is 2.60. The molecule has 1 N–H and O–H groups in total. The maximum absolute atomic E-state index is 14.2. The van der Waals surface area contributed by atoms with E-state index in [1.165, 1.54) is 12.1 Å². The van der Waals surface area contributed by atoms with Crippen molar-refractivity contribution < 1.29 is 18.7 Å². The summed E-state index contributed by atoms with van der Waals surface area (Å²) in [6, 6.07) is 24.8. The van der Waals surface area contributed by atoms with Gasteiger partial charge in [0.1, 0.15) is 0 Å². The largest absolute Gasteiger partial charge is 0.481 e. The van der Waals surface area contributed by atoms with Gasteiger partial charge in [-0.15, -0.1) is 0 Å². The molecule has 3 unspecified atom stereocenters. The molecule has 1 heterocycles. The van der Waals surface area contributed by atoms with Gasteiger partial charge < -0.3 is 5.11 Å². The van der Waals surface area contributed by atoms with E-state index in [-0.39, 0.29) is 17.4 Å². The van der Waals surface area contributed by atoms with Gasteiger partial charge in [-0.2, -0.15) is 8.78 Å². The van der Waals surface area contributed by atoms with Crippen molar-refractivity contribution in [1.29, 1.82) is 0 Å². The number of benzene rings is 3. The number of allylic oxidation sites excluding steroid dienone is 4. The smallest absolute Gasteiger partial charge is 0.313 e. The number of halogens is 2. The molecule has 2 aliphatic carbocycles. The second kappa shape index (κ2) is 9.57. The maximum atomic E-state index is 14.2. The van der Waals surface area contributed by atoms with Crippen LogP contribution in [-0.4, -0.2) is 16.8 Å². The molecule has 0 bridgehead atoms. The van der Waals surface area contributed by atoms with Gasteiger partial charge in [0.25, 0.3) is 5.92 Å². The highest BCUT2D eigenvalue weighted by atomic mass is 19.3. The number of fused-ring (bicyclic) bond motifs is 2. The van der Waals surface area contributed by atoms with Crippen LogP contribution < -0.4 is 0 Å². The van der Waals surface area contributed by atoms with Gasteiger partial charge in [-0.25, -0.2) is 0 Å². The minimum atomic E-state index is -3.12. The number of hydrogen-bond donors (Lipinski definition) is 1. The van der Waals surface area contributed by atoms with E-state index >= 15 is 0 Å². The number of alkyl halides is 2. The van der Waals surface area contributed by atoms with E-state index in [2.05, 4.69) is 43.0 Å². The summed E-state index contributed by atoms with van der Waals surface area (Å²) >= 11 is 0. The first-order valence-corrected chi connectivity index (χ1v) is 13.3. The molecular weight excluding hydrogens is 492 g/mol. The lowest BCUT2D eigenvalue weighted by molar-refractivity contribution is -0.141. The average Bonchev–Trinajstić information content (AvgIpc) is 3.72. The van der Waals surface area contributed by atoms with Crippen LogP contribution in [0.2, 0.25) is 0 Å². The van der Waals surface area contributed by atoms with Crippen LogP contribution in [0.25, 0.3) is 16.7 Å². The lowest BCUT2D eigenvalue weighted by atomic mass is 9.88. The van der Waals surface area contributed by atoms with Gasteiger partial charge in [0, 0.05) is 22.7 Å². The van der Waals surface area contributed by atoms with Crippen molar-refractivity contribution in [2.75, 3.05) is 0 Å². The van der Waals surface area contributed by atoms with Crippen LogP contribution in [-0.2, 0) is 10.7 Å². The normalized spacial score (nSPS) is 24.1. The highest BCUT2D eigenvalue weighted by Crippen LogP contribution is 2.60. The standard InChI is InChI=1S/C34H29F2NO2/c1-2-34(35,36)28-15-12-25(13-16-28)30-19-27(24-10-8-23(9-11-24)22-6-4-3-5-7-22)18-26-14-17-29-20-33(29,32(38)39)21-31(26)37-30/h2-13,15-16,19,21,26,29H,1,14,17-18,20H2,(H,38,39). The molecule has 3 aromatic carbocycles. The van der Waals surface area contributed by atoms with Crippen LogP contribution in [0.15, 0.2) is 114 Å². The van der Waals surface area contributed by atoms with Crippen molar-refractivity contribution >= 4 is 17.3 Å². The SMILES string of the molecule is C=CC(F)(F)c1ccc(C2=NC3=CC4(C(=O)O)CC4CCC3CC(c3ccc(-c4ccccc4)cc3)=C2)cc1. The molecule has 0 radical (unpaired) electrons. The highest BCUT2D eigenvalue weighted by molar-refractivity contribution is 6.13. The summed E-state index contributed by atoms with van der Waals surface area (Å²) in [5.41, 5.74) is 5.62. The number of nitrogens with zero attached hydrogens (tertiary/aromatic N) is 1. The Morgan fingerprint density at radius 2 is 1.56 bits per heavy atom. The van der Waals surface area contributed by atoms with Crippen LogP contribution in [0, 0.1) is 17.3 Å². The molecule has 3 aromatic rings. The molecule has 0 spiro atoms. The molecule has 0 aromatic heterocycles. The first-order chi connectivity index (χ1) is 18.8. The number of aliphatic carboxylic acids is 1. The predicted octanol–water partition coefficient (Wildman–Crippen LogP) is 8.29. The first-order valence-electron chi connectivity index (χ1n) is 13.3. The molecule has 6 rings (SSSR count). The fourth-order valence-electron chi connectivity index (χ4n) is 5.97.